The van der Waals surface area contributed by atoms with Crippen molar-refractivity contribution in [2.24, 2.45) is 0 Å². The van der Waals surface area contributed by atoms with Crippen LogP contribution in [0.25, 0.3) is 10.9 Å². The minimum Gasteiger partial charge on any atom is -0.461 e. The van der Waals surface area contributed by atoms with Gasteiger partial charge >= 0.3 is 11.9 Å². The maximum atomic E-state index is 12.9. The van der Waals surface area contributed by atoms with Gasteiger partial charge in [-0.15, -0.1) is 0 Å². The summed E-state index contributed by atoms with van der Waals surface area (Å²) in [6.45, 7) is 10.0. The standard InChI is InChI=1S/C20H20N4O4.C16H18N4O4/c1-4-24-19(26)17(16(12(3)25)18(23-24)20(27)28-5-2)22-15-10-6-9-14-13(15)8-7-11-21-14;1-4-20-15(22)13(18-11-7-6-8-17-9-11)12(10(3)21)14(19-20)16(23)24-5-2/h6-11,22H,4-5H2,1-3H3;6-9,18H,4-5H2,1-3H3. The van der Waals surface area contributed by atoms with Crippen molar-refractivity contribution in [3.05, 3.63) is 104 Å². The second-order valence-corrected chi connectivity index (χ2v) is 10.9. The van der Waals surface area contributed by atoms with Gasteiger partial charge < -0.3 is 20.1 Å². The molecule has 4 heterocycles. The van der Waals surface area contributed by atoms with E-state index in [9.17, 15) is 28.8 Å². The first kappa shape index (κ1) is 38.2. The largest absolute Gasteiger partial charge is 0.461 e. The van der Waals surface area contributed by atoms with Crippen molar-refractivity contribution in [3.8, 4) is 0 Å². The molecule has 0 spiro atoms. The van der Waals surface area contributed by atoms with E-state index in [1.165, 1.54) is 20.0 Å². The number of Topliss-reactive ketones (excluding diaryl/α,β-unsaturated/α-hetero) is 2. The minimum atomic E-state index is -0.752. The molecule has 0 atom stereocenters. The zero-order valence-corrected chi connectivity index (χ0v) is 29.6. The summed E-state index contributed by atoms with van der Waals surface area (Å²) < 4.78 is 12.2. The molecule has 0 unspecified atom stereocenters. The zero-order valence-electron chi connectivity index (χ0n) is 29.6. The highest BCUT2D eigenvalue weighted by atomic mass is 16.5. The number of pyridine rings is 2. The van der Waals surface area contributed by atoms with Gasteiger partial charge in [-0.25, -0.2) is 19.0 Å². The number of nitrogens with one attached hydrogen (secondary N) is 2. The van der Waals surface area contributed by atoms with E-state index in [1.54, 1.807) is 70.4 Å². The Balaban J connectivity index is 0.000000236. The highest BCUT2D eigenvalue weighted by Gasteiger charge is 2.27. The van der Waals surface area contributed by atoms with Crippen LogP contribution in [-0.4, -0.2) is 66.2 Å². The fourth-order valence-electron chi connectivity index (χ4n) is 5.10. The molecule has 0 aliphatic rings. The van der Waals surface area contributed by atoms with Gasteiger partial charge in [0.2, 0.25) is 0 Å². The molecule has 16 nitrogen and oxygen atoms in total. The number of hydrogen-bond acceptors (Lipinski definition) is 14. The van der Waals surface area contributed by atoms with Crippen LogP contribution in [0.2, 0.25) is 0 Å². The average Bonchev–Trinajstić information content (AvgIpc) is 3.13. The third kappa shape index (κ3) is 8.40. The first-order chi connectivity index (χ1) is 25.0. The summed E-state index contributed by atoms with van der Waals surface area (Å²) in [7, 11) is 0. The zero-order chi connectivity index (χ0) is 37.9. The molecule has 5 aromatic rings. The van der Waals surface area contributed by atoms with Crippen LogP contribution in [0, 0.1) is 0 Å². The quantitative estimate of drug-likeness (QED) is 0.133. The van der Waals surface area contributed by atoms with E-state index in [2.05, 4.69) is 30.8 Å². The summed E-state index contributed by atoms with van der Waals surface area (Å²) in [5.41, 5.74) is 0.261. The molecule has 4 aromatic heterocycles. The van der Waals surface area contributed by atoms with Crippen LogP contribution in [0.4, 0.5) is 22.7 Å². The third-order valence-electron chi connectivity index (χ3n) is 7.39. The molecule has 16 heteroatoms. The van der Waals surface area contributed by atoms with Crippen molar-refractivity contribution in [1.82, 2.24) is 29.5 Å². The van der Waals surface area contributed by atoms with Crippen LogP contribution in [0.3, 0.4) is 0 Å². The molecule has 2 N–H and O–H groups in total. The van der Waals surface area contributed by atoms with Gasteiger partial charge in [0.05, 0.1) is 41.7 Å². The molecule has 270 valence electrons. The van der Waals surface area contributed by atoms with E-state index >= 15 is 0 Å². The lowest BCUT2D eigenvalue weighted by molar-refractivity contribution is 0.0504. The SMILES string of the molecule is CCOC(=O)c1nn(CC)c(=O)c(Nc2cccc3ncccc23)c1C(C)=O.CCOC(=O)c1nn(CC)c(=O)c(Nc2cccnc2)c1C(C)=O. The smallest absolute Gasteiger partial charge is 0.359 e. The number of hydrogen-bond donors (Lipinski definition) is 2. The number of esters is 2. The van der Waals surface area contributed by atoms with Crippen LogP contribution in [0.1, 0.15) is 83.2 Å². The lowest BCUT2D eigenvalue weighted by atomic mass is 10.1. The summed E-state index contributed by atoms with van der Waals surface area (Å²) in [4.78, 5) is 82.7. The molecule has 1 aromatic carbocycles. The maximum Gasteiger partial charge on any atom is 0.359 e. The predicted octanol–water partition coefficient (Wildman–Crippen LogP) is 4.72. The van der Waals surface area contributed by atoms with Gasteiger partial charge in [-0.05, 0) is 77.9 Å². The fraction of sp³-hybridized carbons (Fsp3) is 0.278. The molecule has 0 bridgehead atoms. The Kier molecular flexibility index (Phi) is 12.8. The highest BCUT2D eigenvalue weighted by Crippen LogP contribution is 2.27. The predicted molar refractivity (Wildman–Crippen MR) is 193 cm³/mol. The van der Waals surface area contributed by atoms with Crippen molar-refractivity contribution in [2.45, 2.75) is 54.6 Å². The lowest BCUT2D eigenvalue weighted by Crippen LogP contribution is -2.31. The number of carbonyl (C=O) groups is 4. The molecular formula is C36H38N8O8. The molecule has 0 aliphatic heterocycles. The summed E-state index contributed by atoms with van der Waals surface area (Å²) >= 11 is 0. The van der Waals surface area contributed by atoms with Crippen molar-refractivity contribution in [1.29, 1.82) is 0 Å². The minimum absolute atomic E-state index is 0.0104. The first-order valence-electron chi connectivity index (χ1n) is 16.4. The molecule has 5 rings (SSSR count). The van der Waals surface area contributed by atoms with E-state index in [0.717, 1.165) is 20.3 Å². The number of anilines is 4. The Morgan fingerprint density at radius 2 is 1.23 bits per heavy atom. The molecule has 0 radical (unpaired) electrons. The number of nitrogens with zero attached hydrogens (tertiary/aromatic N) is 6. The maximum absolute atomic E-state index is 12.9. The highest BCUT2D eigenvalue weighted by molar-refractivity contribution is 6.09. The van der Waals surface area contributed by atoms with Gasteiger partial charge in [-0.3, -0.25) is 29.1 Å². The average molecular weight is 711 g/mol. The number of carbonyl (C=O) groups excluding carboxylic acids is 4. The summed E-state index contributed by atoms with van der Waals surface area (Å²) in [6.07, 6.45) is 4.75. The van der Waals surface area contributed by atoms with Crippen LogP contribution in [-0.2, 0) is 22.6 Å². The number of benzene rings is 1. The first-order valence-corrected chi connectivity index (χ1v) is 16.4. The molecule has 0 amide bonds. The normalized spacial score (nSPS) is 10.5. The molecular weight excluding hydrogens is 672 g/mol. The van der Waals surface area contributed by atoms with Crippen LogP contribution in [0.15, 0.2) is 70.6 Å². The second kappa shape index (κ2) is 17.4. The van der Waals surface area contributed by atoms with E-state index in [1.807, 2.05) is 12.1 Å². The lowest BCUT2D eigenvalue weighted by Gasteiger charge is -2.16. The van der Waals surface area contributed by atoms with Crippen molar-refractivity contribution >= 4 is 57.2 Å². The Bertz CT molecular complexity index is 2240. The Hall–Kier alpha value is -6.58. The Morgan fingerprint density at radius 1 is 0.692 bits per heavy atom. The summed E-state index contributed by atoms with van der Waals surface area (Å²) in [6, 6.07) is 12.4. The van der Waals surface area contributed by atoms with Crippen LogP contribution >= 0.6 is 0 Å². The number of fused-ring (bicyclic) bond motifs is 1. The van der Waals surface area contributed by atoms with E-state index in [0.29, 0.717) is 11.4 Å². The Labute approximate surface area is 297 Å². The van der Waals surface area contributed by atoms with Gasteiger partial charge in [-0.2, -0.15) is 10.2 Å². The topological polar surface area (TPSA) is 206 Å². The fourth-order valence-corrected chi connectivity index (χ4v) is 5.10. The third-order valence-corrected chi connectivity index (χ3v) is 7.39. The second-order valence-electron chi connectivity index (χ2n) is 10.9. The van der Waals surface area contributed by atoms with Gasteiger partial charge in [0, 0.05) is 36.6 Å². The van der Waals surface area contributed by atoms with Crippen LogP contribution in [0.5, 0.6) is 0 Å². The van der Waals surface area contributed by atoms with Crippen molar-refractivity contribution in [3.63, 3.8) is 0 Å². The molecule has 0 saturated heterocycles. The summed E-state index contributed by atoms with van der Waals surface area (Å²) in [5.74, 6) is -2.43. The number of aromatic nitrogens is 6. The summed E-state index contributed by atoms with van der Waals surface area (Å²) in [5, 5.41) is 14.7. The van der Waals surface area contributed by atoms with Crippen molar-refractivity contribution in [2.75, 3.05) is 23.8 Å². The van der Waals surface area contributed by atoms with Crippen LogP contribution < -0.4 is 21.8 Å². The number of rotatable bonds is 12. The number of aryl methyl sites for hydroxylation is 2. The molecule has 0 fully saturated rings. The number of ketones is 2. The number of ether oxygens (including phenoxy) is 2. The van der Waals surface area contributed by atoms with Crippen molar-refractivity contribution < 1.29 is 28.7 Å². The monoisotopic (exact) mass is 710 g/mol. The molecule has 52 heavy (non-hydrogen) atoms. The van der Waals surface area contributed by atoms with Gasteiger partial charge in [0.15, 0.2) is 23.0 Å². The van der Waals surface area contributed by atoms with Gasteiger partial charge in [-0.1, -0.05) is 6.07 Å². The van der Waals surface area contributed by atoms with Gasteiger partial charge in [0.25, 0.3) is 11.1 Å². The molecule has 0 aliphatic carbocycles. The van der Waals surface area contributed by atoms with E-state index in [4.69, 9.17) is 9.47 Å². The Morgan fingerprint density at radius 3 is 1.71 bits per heavy atom. The molecule has 0 saturated carbocycles. The van der Waals surface area contributed by atoms with E-state index in [-0.39, 0.29) is 60.2 Å². The van der Waals surface area contributed by atoms with E-state index < -0.39 is 34.6 Å². The van der Waals surface area contributed by atoms with Gasteiger partial charge in [0.1, 0.15) is 11.4 Å².